The Morgan fingerprint density at radius 2 is 1.55 bits per heavy atom. The number of nitrogens with one attached hydrogen (secondary N) is 1. The third kappa shape index (κ3) is 5.50. The van der Waals surface area contributed by atoms with E-state index < -0.39 is 15.9 Å². The molecule has 0 aliphatic carbocycles. The van der Waals surface area contributed by atoms with Gasteiger partial charge in [0, 0.05) is 5.69 Å². The summed E-state index contributed by atoms with van der Waals surface area (Å²) in [6.45, 7) is 1.64. The molecule has 6 nitrogen and oxygen atoms in total. The molecule has 3 aromatic carbocycles. The maximum atomic E-state index is 13.3. The summed E-state index contributed by atoms with van der Waals surface area (Å²) in [6, 6.07) is 24.1. The van der Waals surface area contributed by atoms with Crippen LogP contribution in [0.25, 0.3) is 0 Å². The molecule has 3 aromatic rings. The molecule has 0 unspecified atom stereocenters. The molecule has 0 aromatic heterocycles. The molecule has 0 heterocycles. The first-order valence-corrected chi connectivity index (χ1v) is 11.3. The Morgan fingerprint density at radius 1 is 0.935 bits per heavy atom. The van der Waals surface area contributed by atoms with Crippen LogP contribution in [0.15, 0.2) is 83.8 Å². The highest BCUT2D eigenvalue weighted by atomic mass is 32.2. The summed E-state index contributed by atoms with van der Waals surface area (Å²) in [5.41, 5.74) is 2.86. The molecule has 1 N–H and O–H groups in total. The van der Waals surface area contributed by atoms with Gasteiger partial charge in [0.15, 0.2) is 0 Å². The van der Waals surface area contributed by atoms with Gasteiger partial charge in [0.2, 0.25) is 5.91 Å². The van der Waals surface area contributed by atoms with E-state index in [2.05, 4.69) is 11.4 Å². The molecule has 1 amide bonds. The van der Waals surface area contributed by atoms with E-state index in [1.54, 1.807) is 54.6 Å². The van der Waals surface area contributed by atoms with Crippen molar-refractivity contribution in [3.63, 3.8) is 0 Å². The minimum atomic E-state index is -3.94. The maximum absolute atomic E-state index is 13.3. The van der Waals surface area contributed by atoms with E-state index >= 15 is 0 Å². The van der Waals surface area contributed by atoms with Crippen molar-refractivity contribution in [2.45, 2.75) is 24.7 Å². The van der Waals surface area contributed by atoms with E-state index in [-0.39, 0.29) is 17.9 Å². The monoisotopic (exact) mass is 433 g/mol. The van der Waals surface area contributed by atoms with Gasteiger partial charge in [-0.15, -0.1) is 0 Å². The first kappa shape index (κ1) is 22.1. The quantitative estimate of drug-likeness (QED) is 0.578. The minimum absolute atomic E-state index is 0.114. The highest BCUT2D eigenvalue weighted by Gasteiger charge is 2.27. The molecular weight excluding hydrogens is 410 g/mol. The van der Waals surface area contributed by atoms with Crippen LogP contribution in [-0.4, -0.2) is 20.9 Å². The van der Waals surface area contributed by atoms with Gasteiger partial charge in [0.25, 0.3) is 10.0 Å². The molecule has 0 atom stereocenters. The zero-order valence-corrected chi connectivity index (χ0v) is 18.0. The van der Waals surface area contributed by atoms with Crippen LogP contribution in [0, 0.1) is 11.3 Å². The second-order valence-electron chi connectivity index (χ2n) is 6.92. The Labute approximate surface area is 182 Å². The molecule has 0 bridgehead atoms. The van der Waals surface area contributed by atoms with Crippen molar-refractivity contribution in [3.8, 4) is 6.07 Å². The van der Waals surface area contributed by atoms with Crippen molar-refractivity contribution < 1.29 is 13.2 Å². The first-order chi connectivity index (χ1) is 14.9. The van der Waals surface area contributed by atoms with E-state index in [0.29, 0.717) is 11.4 Å². The number of benzene rings is 3. The number of anilines is 2. The van der Waals surface area contributed by atoms with E-state index in [4.69, 9.17) is 5.26 Å². The largest absolute Gasteiger partial charge is 0.325 e. The summed E-state index contributed by atoms with van der Waals surface area (Å²) in [4.78, 5) is 12.9. The summed E-state index contributed by atoms with van der Waals surface area (Å²) < 4.78 is 27.7. The number of nitriles is 1. The van der Waals surface area contributed by atoms with Crippen molar-refractivity contribution >= 4 is 27.3 Å². The Hall–Kier alpha value is -3.63. The number of amides is 1. The van der Waals surface area contributed by atoms with Crippen LogP contribution in [0.3, 0.4) is 0 Å². The summed E-state index contributed by atoms with van der Waals surface area (Å²) in [7, 11) is -3.94. The van der Waals surface area contributed by atoms with Crippen LogP contribution in [0.1, 0.15) is 18.1 Å². The number of nitrogens with zero attached hydrogens (tertiary/aromatic N) is 2. The summed E-state index contributed by atoms with van der Waals surface area (Å²) in [6.07, 6.45) is 1.11. The molecule has 0 spiro atoms. The van der Waals surface area contributed by atoms with Gasteiger partial charge < -0.3 is 5.32 Å². The van der Waals surface area contributed by atoms with Gasteiger partial charge >= 0.3 is 0 Å². The molecule has 0 aliphatic heterocycles. The third-order valence-electron chi connectivity index (χ3n) is 4.77. The molecule has 3 rings (SSSR count). The lowest BCUT2D eigenvalue weighted by molar-refractivity contribution is -0.114. The van der Waals surface area contributed by atoms with Crippen molar-refractivity contribution in [2.24, 2.45) is 0 Å². The predicted octanol–water partition coefficient (Wildman–Crippen LogP) is 4.15. The van der Waals surface area contributed by atoms with Crippen LogP contribution >= 0.6 is 0 Å². The zero-order chi connectivity index (χ0) is 22.3. The van der Waals surface area contributed by atoms with E-state index in [9.17, 15) is 13.2 Å². The van der Waals surface area contributed by atoms with Crippen molar-refractivity contribution in [1.82, 2.24) is 0 Å². The van der Waals surface area contributed by atoms with Crippen LogP contribution in [-0.2, 0) is 27.7 Å². The lowest BCUT2D eigenvalue weighted by Gasteiger charge is -2.24. The average Bonchev–Trinajstić information content (AvgIpc) is 2.79. The predicted molar refractivity (Wildman–Crippen MR) is 121 cm³/mol. The number of aryl methyl sites for hydroxylation is 1. The summed E-state index contributed by atoms with van der Waals surface area (Å²) in [5.74, 6) is -0.466. The molecule has 158 valence electrons. The number of rotatable bonds is 8. The van der Waals surface area contributed by atoms with Crippen molar-refractivity contribution in [3.05, 3.63) is 90.0 Å². The molecule has 0 fully saturated rings. The normalized spacial score (nSPS) is 10.8. The van der Waals surface area contributed by atoms with Crippen molar-refractivity contribution in [2.75, 3.05) is 16.2 Å². The van der Waals surface area contributed by atoms with Crippen LogP contribution in [0.4, 0.5) is 11.4 Å². The fraction of sp³-hybridized carbons (Fsp3) is 0.167. The average molecular weight is 434 g/mol. The van der Waals surface area contributed by atoms with Gasteiger partial charge in [-0.25, -0.2) is 8.42 Å². The molecule has 0 radical (unpaired) electrons. The van der Waals surface area contributed by atoms with E-state index in [1.807, 2.05) is 19.1 Å². The van der Waals surface area contributed by atoms with E-state index in [1.165, 1.54) is 12.1 Å². The number of carbonyl (C=O) groups excluding carboxylic acids is 1. The van der Waals surface area contributed by atoms with Crippen LogP contribution < -0.4 is 9.62 Å². The lowest BCUT2D eigenvalue weighted by Crippen LogP contribution is -2.38. The minimum Gasteiger partial charge on any atom is -0.325 e. The van der Waals surface area contributed by atoms with Gasteiger partial charge in [0.05, 0.1) is 23.1 Å². The topological polar surface area (TPSA) is 90.3 Å². The molecule has 0 aliphatic rings. The van der Waals surface area contributed by atoms with Gasteiger partial charge in [-0.05, 0) is 53.9 Å². The smallest absolute Gasteiger partial charge is 0.264 e. The van der Waals surface area contributed by atoms with Gasteiger partial charge in [-0.2, -0.15) is 5.26 Å². The SMILES string of the molecule is CCc1ccc(N(CC(=O)Nc2ccc(CC#N)cc2)S(=O)(=O)c2ccccc2)cc1. The highest BCUT2D eigenvalue weighted by Crippen LogP contribution is 2.24. The number of carbonyl (C=O) groups is 1. The molecular formula is C24H23N3O3S. The van der Waals surface area contributed by atoms with Crippen molar-refractivity contribution in [1.29, 1.82) is 5.26 Å². The Morgan fingerprint density at radius 3 is 2.13 bits per heavy atom. The second kappa shape index (κ2) is 9.92. The Kier molecular flexibility index (Phi) is 7.06. The molecule has 7 heteroatoms. The van der Waals surface area contributed by atoms with Gasteiger partial charge in [0.1, 0.15) is 6.54 Å². The number of hydrogen-bond acceptors (Lipinski definition) is 4. The zero-order valence-electron chi connectivity index (χ0n) is 17.2. The lowest BCUT2D eigenvalue weighted by atomic mass is 10.1. The Balaban J connectivity index is 1.87. The third-order valence-corrected chi connectivity index (χ3v) is 6.56. The number of sulfonamides is 1. The number of hydrogen-bond donors (Lipinski definition) is 1. The standard InChI is InChI=1S/C24H23N3O3S/c1-2-19-10-14-22(15-11-19)27(31(29,30)23-6-4-3-5-7-23)18-24(28)26-21-12-8-20(9-13-21)16-17-25/h3-15H,2,16,18H2,1H3,(H,26,28). The van der Waals surface area contributed by atoms with Gasteiger partial charge in [-0.3, -0.25) is 9.10 Å². The fourth-order valence-electron chi connectivity index (χ4n) is 3.06. The van der Waals surface area contributed by atoms with Crippen LogP contribution in [0.5, 0.6) is 0 Å². The van der Waals surface area contributed by atoms with Crippen LogP contribution in [0.2, 0.25) is 0 Å². The summed E-state index contributed by atoms with van der Waals surface area (Å²) in [5, 5.41) is 11.5. The fourth-order valence-corrected chi connectivity index (χ4v) is 4.50. The summed E-state index contributed by atoms with van der Waals surface area (Å²) >= 11 is 0. The van der Waals surface area contributed by atoms with Gasteiger partial charge in [-0.1, -0.05) is 49.4 Å². The molecule has 31 heavy (non-hydrogen) atoms. The first-order valence-electron chi connectivity index (χ1n) is 9.86. The maximum Gasteiger partial charge on any atom is 0.264 e. The van der Waals surface area contributed by atoms with E-state index in [0.717, 1.165) is 21.9 Å². The Bertz CT molecular complexity index is 1170. The molecule has 0 saturated heterocycles. The molecule has 0 saturated carbocycles. The second-order valence-corrected chi connectivity index (χ2v) is 8.79. The highest BCUT2D eigenvalue weighted by molar-refractivity contribution is 7.92.